The second kappa shape index (κ2) is 4.13. The highest BCUT2D eigenvalue weighted by atomic mass is 32.1. The second-order valence-corrected chi connectivity index (χ2v) is 2.68. The van der Waals surface area contributed by atoms with E-state index in [1.54, 1.807) is 6.92 Å². The van der Waals surface area contributed by atoms with Crippen molar-refractivity contribution in [2.24, 2.45) is 0 Å². The van der Waals surface area contributed by atoms with Gasteiger partial charge in [0.05, 0.1) is 13.2 Å². The summed E-state index contributed by atoms with van der Waals surface area (Å²) in [4.78, 5) is 11.4. The Morgan fingerprint density at radius 2 is 2.50 bits per heavy atom. The fraction of sp³-hybridized carbons (Fsp3) is 0.500. The van der Waals surface area contributed by atoms with Gasteiger partial charge in [0.2, 0.25) is 0 Å². The SMILES string of the molecule is CCOC(=O)c1snnc1CO. The molecule has 1 aromatic heterocycles. The molecule has 1 aromatic rings. The molecule has 1 N–H and O–H groups in total. The molecule has 5 nitrogen and oxygen atoms in total. The van der Waals surface area contributed by atoms with Crippen LogP contribution >= 0.6 is 11.5 Å². The van der Waals surface area contributed by atoms with Crippen molar-refractivity contribution < 1.29 is 14.6 Å². The van der Waals surface area contributed by atoms with Crippen molar-refractivity contribution in [3.05, 3.63) is 10.6 Å². The Kier molecular flexibility index (Phi) is 3.12. The largest absolute Gasteiger partial charge is 0.462 e. The minimum Gasteiger partial charge on any atom is -0.462 e. The average Bonchev–Trinajstić information content (AvgIpc) is 2.51. The predicted molar refractivity (Wildman–Crippen MR) is 41.8 cm³/mol. The van der Waals surface area contributed by atoms with Crippen molar-refractivity contribution in [2.75, 3.05) is 6.61 Å². The van der Waals surface area contributed by atoms with Crippen LogP contribution in [0.4, 0.5) is 0 Å². The fourth-order valence-electron chi connectivity index (χ4n) is 0.664. The van der Waals surface area contributed by atoms with Gasteiger partial charge in [0, 0.05) is 0 Å². The molecule has 6 heteroatoms. The Bertz CT molecular complexity index is 274. The van der Waals surface area contributed by atoms with Crippen LogP contribution in [0.1, 0.15) is 22.3 Å². The van der Waals surface area contributed by atoms with Crippen LogP contribution in [0.25, 0.3) is 0 Å². The molecular formula is C6H8N2O3S. The summed E-state index contributed by atoms with van der Waals surface area (Å²) < 4.78 is 8.24. The zero-order chi connectivity index (χ0) is 8.97. The first-order valence-corrected chi connectivity index (χ1v) is 4.16. The maximum Gasteiger partial charge on any atom is 0.352 e. The van der Waals surface area contributed by atoms with Crippen LogP contribution in [0.15, 0.2) is 0 Å². The number of aromatic nitrogens is 2. The van der Waals surface area contributed by atoms with Crippen LogP contribution in [0.2, 0.25) is 0 Å². The number of carbonyl (C=O) groups excluding carboxylic acids is 1. The first-order chi connectivity index (χ1) is 5.79. The smallest absolute Gasteiger partial charge is 0.352 e. The van der Waals surface area contributed by atoms with Crippen LogP contribution < -0.4 is 0 Å². The standard InChI is InChI=1S/C6H8N2O3S/c1-2-11-6(10)5-4(3-9)7-8-12-5/h9H,2-3H2,1H3. The fourth-order valence-corrected chi connectivity index (χ4v) is 1.23. The third-order valence-electron chi connectivity index (χ3n) is 1.17. The molecule has 0 aromatic carbocycles. The Hall–Kier alpha value is -1.01. The first-order valence-electron chi connectivity index (χ1n) is 3.38. The molecule has 0 unspecified atom stereocenters. The molecule has 0 amide bonds. The number of carbonyl (C=O) groups is 1. The molecule has 0 aliphatic carbocycles. The molecular weight excluding hydrogens is 180 g/mol. The van der Waals surface area contributed by atoms with Gasteiger partial charge in [-0.15, -0.1) is 5.10 Å². The Balaban J connectivity index is 2.79. The number of ether oxygens (including phenoxy) is 1. The molecule has 0 aliphatic rings. The maximum absolute atomic E-state index is 11.1. The molecule has 0 spiro atoms. The van der Waals surface area contributed by atoms with Gasteiger partial charge in [-0.25, -0.2) is 4.79 Å². The summed E-state index contributed by atoms with van der Waals surface area (Å²) in [6.07, 6.45) is 0. The van der Waals surface area contributed by atoms with E-state index >= 15 is 0 Å². The normalized spacial score (nSPS) is 9.83. The third kappa shape index (κ3) is 1.77. The molecule has 0 saturated carbocycles. The summed E-state index contributed by atoms with van der Waals surface area (Å²) in [6.45, 7) is 1.73. The molecule has 0 atom stereocenters. The summed E-state index contributed by atoms with van der Waals surface area (Å²) in [7, 11) is 0. The zero-order valence-corrected chi connectivity index (χ0v) is 7.30. The van der Waals surface area contributed by atoms with Gasteiger partial charge in [0.1, 0.15) is 5.69 Å². The van der Waals surface area contributed by atoms with Gasteiger partial charge in [-0.1, -0.05) is 4.49 Å². The van der Waals surface area contributed by atoms with Crippen molar-refractivity contribution in [3.8, 4) is 0 Å². The summed E-state index contributed by atoms with van der Waals surface area (Å²) in [5.74, 6) is -0.475. The second-order valence-electron chi connectivity index (χ2n) is 1.93. The highest BCUT2D eigenvalue weighted by molar-refractivity contribution is 7.07. The maximum atomic E-state index is 11.1. The molecule has 0 radical (unpaired) electrons. The number of esters is 1. The van der Waals surface area contributed by atoms with E-state index in [1.165, 1.54) is 0 Å². The summed E-state index contributed by atoms with van der Waals surface area (Å²) in [5, 5.41) is 12.3. The lowest BCUT2D eigenvalue weighted by molar-refractivity contribution is 0.0528. The number of nitrogens with zero attached hydrogens (tertiary/aromatic N) is 2. The molecule has 66 valence electrons. The van der Waals surface area contributed by atoms with Crippen molar-refractivity contribution >= 4 is 17.5 Å². The average molecular weight is 188 g/mol. The lowest BCUT2D eigenvalue weighted by Crippen LogP contribution is -2.05. The molecule has 0 bridgehead atoms. The first kappa shape index (κ1) is 9.08. The number of aliphatic hydroxyl groups is 1. The van der Waals surface area contributed by atoms with E-state index in [9.17, 15) is 4.79 Å². The summed E-state index contributed by atoms with van der Waals surface area (Å²) in [6, 6.07) is 0. The Morgan fingerprint density at radius 3 is 3.08 bits per heavy atom. The van der Waals surface area contributed by atoms with Crippen molar-refractivity contribution in [1.29, 1.82) is 0 Å². The van der Waals surface area contributed by atoms with Crippen molar-refractivity contribution in [2.45, 2.75) is 13.5 Å². The monoisotopic (exact) mass is 188 g/mol. The summed E-state index contributed by atoms with van der Waals surface area (Å²) in [5.41, 5.74) is 0.276. The molecule has 0 saturated heterocycles. The molecule has 1 heterocycles. The van der Waals surface area contributed by atoms with E-state index in [2.05, 4.69) is 9.59 Å². The van der Waals surface area contributed by atoms with Crippen LogP contribution in [0, 0.1) is 0 Å². The van der Waals surface area contributed by atoms with Crippen LogP contribution in [-0.2, 0) is 11.3 Å². The molecule has 1 rings (SSSR count). The lowest BCUT2D eigenvalue weighted by Gasteiger charge is -1.97. The van der Waals surface area contributed by atoms with Crippen LogP contribution in [-0.4, -0.2) is 27.3 Å². The zero-order valence-electron chi connectivity index (χ0n) is 6.48. The van der Waals surface area contributed by atoms with Crippen molar-refractivity contribution in [3.63, 3.8) is 0 Å². The van der Waals surface area contributed by atoms with Gasteiger partial charge in [0.25, 0.3) is 0 Å². The van der Waals surface area contributed by atoms with Gasteiger partial charge in [0.15, 0.2) is 4.88 Å². The highest BCUT2D eigenvalue weighted by Gasteiger charge is 2.15. The minimum absolute atomic E-state index is 0.276. The topological polar surface area (TPSA) is 72.3 Å². The Labute approximate surface area is 73.1 Å². The van der Waals surface area contributed by atoms with Gasteiger partial charge < -0.3 is 9.84 Å². The lowest BCUT2D eigenvalue weighted by atomic mass is 10.4. The van der Waals surface area contributed by atoms with Crippen LogP contribution in [0.5, 0.6) is 0 Å². The van der Waals surface area contributed by atoms with Gasteiger partial charge in [-0.05, 0) is 18.5 Å². The Morgan fingerprint density at radius 1 is 1.75 bits per heavy atom. The highest BCUT2D eigenvalue weighted by Crippen LogP contribution is 2.11. The van der Waals surface area contributed by atoms with E-state index in [4.69, 9.17) is 9.84 Å². The number of hydrogen-bond acceptors (Lipinski definition) is 6. The summed E-state index contributed by atoms with van der Waals surface area (Å²) >= 11 is 0.927. The molecule has 12 heavy (non-hydrogen) atoms. The van der Waals surface area contributed by atoms with E-state index in [-0.39, 0.29) is 17.2 Å². The number of rotatable bonds is 3. The van der Waals surface area contributed by atoms with Gasteiger partial charge in [-0.2, -0.15) is 0 Å². The molecule has 0 fully saturated rings. The number of hydrogen-bond donors (Lipinski definition) is 1. The predicted octanol–water partition coefficient (Wildman–Crippen LogP) is 0.207. The number of aliphatic hydroxyl groups excluding tert-OH is 1. The van der Waals surface area contributed by atoms with Crippen LogP contribution in [0.3, 0.4) is 0 Å². The van der Waals surface area contributed by atoms with E-state index in [0.717, 1.165) is 11.5 Å². The quantitative estimate of drug-likeness (QED) is 0.686. The third-order valence-corrected chi connectivity index (χ3v) is 1.91. The minimum atomic E-state index is -0.475. The van der Waals surface area contributed by atoms with E-state index in [1.807, 2.05) is 0 Å². The van der Waals surface area contributed by atoms with Crippen molar-refractivity contribution in [1.82, 2.24) is 9.59 Å². The molecule has 0 aliphatic heterocycles. The van der Waals surface area contributed by atoms with Gasteiger partial charge >= 0.3 is 5.97 Å². The van der Waals surface area contributed by atoms with E-state index in [0.29, 0.717) is 6.61 Å². The van der Waals surface area contributed by atoms with E-state index < -0.39 is 5.97 Å². The van der Waals surface area contributed by atoms with Gasteiger partial charge in [-0.3, -0.25) is 0 Å².